The largest absolute Gasteiger partial charge is 0.479 e. The maximum absolute atomic E-state index is 11.8. The molecule has 0 unspecified atom stereocenters. The number of likely N-dealkylation sites (tertiary alicyclic amines) is 1. The van der Waals surface area contributed by atoms with Crippen molar-refractivity contribution in [1.29, 1.82) is 0 Å². The van der Waals surface area contributed by atoms with E-state index in [0.29, 0.717) is 17.6 Å². The molecule has 1 amide bonds. The van der Waals surface area contributed by atoms with Crippen LogP contribution in [0.25, 0.3) is 0 Å². The van der Waals surface area contributed by atoms with E-state index >= 15 is 0 Å². The molecule has 1 saturated heterocycles. The number of piperidine rings is 1. The molecule has 0 aliphatic carbocycles. The number of para-hydroxylation sites is 1. The number of pyridine rings is 2. The van der Waals surface area contributed by atoms with Crippen molar-refractivity contribution in [2.45, 2.75) is 38.1 Å². The van der Waals surface area contributed by atoms with Crippen LogP contribution >= 0.6 is 0 Å². The Bertz CT molecular complexity index is 1250. The SMILES string of the molecule is C=CC(=O)Nc1ccnc(C(C)(C)c2ccccc2Nc2ccc(NC3CCN(C)CC3)nc2OC)c1. The van der Waals surface area contributed by atoms with Crippen LogP contribution in [0.4, 0.5) is 22.9 Å². The number of hydrogen-bond acceptors (Lipinski definition) is 7. The minimum absolute atomic E-state index is 0.259. The summed E-state index contributed by atoms with van der Waals surface area (Å²) in [7, 11) is 3.79. The highest BCUT2D eigenvalue weighted by Crippen LogP contribution is 2.38. The van der Waals surface area contributed by atoms with Crippen molar-refractivity contribution in [1.82, 2.24) is 14.9 Å². The molecule has 8 heteroatoms. The van der Waals surface area contributed by atoms with Gasteiger partial charge in [0.15, 0.2) is 0 Å². The van der Waals surface area contributed by atoms with Gasteiger partial charge in [-0.1, -0.05) is 38.6 Å². The highest BCUT2D eigenvalue weighted by Gasteiger charge is 2.28. The average molecular weight is 501 g/mol. The number of nitrogens with one attached hydrogen (secondary N) is 3. The van der Waals surface area contributed by atoms with E-state index < -0.39 is 5.41 Å². The molecular weight excluding hydrogens is 464 g/mol. The van der Waals surface area contributed by atoms with E-state index in [0.717, 1.165) is 54.4 Å². The molecule has 3 N–H and O–H groups in total. The summed E-state index contributed by atoms with van der Waals surface area (Å²) in [6, 6.07) is 16.2. The maximum Gasteiger partial charge on any atom is 0.247 e. The van der Waals surface area contributed by atoms with E-state index in [1.54, 1.807) is 19.4 Å². The quantitative estimate of drug-likeness (QED) is 0.349. The Hall–Kier alpha value is -3.91. The molecule has 0 radical (unpaired) electrons. The average Bonchev–Trinajstić information content (AvgIpc) is 2.91. The van der Waals surface area contributed by atoms with Crippen molar-refractivity contribution >= 4 is 28.8 Å². The first-order valence-corrected chi connectivity index (χ1v) is 12.6. The monoisotopic (exact) mass is 500 g/mol. The van der Waals surface area contributed by atoms with Gasteiger partial charge in [0, 0.05) is 29.0 Å². The van der Waals surface area contributed by atoms with Crippen LogP contribution in [0, 0.1) is 0 Å². The molecule has 3 heterocycles. The number of anilines is 4. The molecule has 8 nitrogen and oxygen atoms in total. The number of methoxy groups -OCH3 is 1. The molecule has 0 saturated carbocycles. The predicted molar refractivity (Wildman–Crippen MR) is 150 cm³/mol. The van der Waals surface area contributed by atoms with Crippen LogP contribution < -0.4 is 20.7 Å². The number of ether oxygens (including phenoxy) is 1. The number of aromatic nitrogens is 2. The Morgan fingerprint density at radius 3 is 2.62 bits per heavy atom. The van der Waals surface area contributed by atoms with E-state index in [2.05, 4.69) is 59.4 Å². The summed E-state index contributed by atoms with van der Waals surface area (Å²) in [5, 5.41) is 9.90. The molecule has 0 spiro atoms. The summed E-state index contributed by atoms with van der Waals surface area (Å²) >= 11 is 0. The van der Waals surface area contributed by atoms with Gasteiger partial charge in [0.2, 0.25) is 11.8 Å². The second-order valence-electron chi connectivity index (χ2n) is 9.89. The molecule has 1 fully saturated rings. The molecule has 3 aromatic rings. The summed E-state index contributed by atoms with van der Waals surface area (Å²) in [5.41, 5.74) is 3.78. The van der Waals surface area contributed by atoms with Gasteiger partial charge in [0.05, 0.1) is 12.8 Å². The topological polar surface area (TPSA) is 91.4 Å². The summed E-state index contributed by atoms with van der Waals surface area (Å²) in [6.07, 6.45) is 5.14. The number of carbonyl (C=O) groups is 1. The van der Waals surface area contributed by atoms with Crippen molar-refractivity contribution in [3.63, 3.8) is 0 Å². The van der Waals surface area contributed by atoms with Crippen LogP contribution in [0.15, 0.2) is 67.4 Å². The Balaban J connectivity index is 1.58. The lowest BCUT2D eigenvalue weighted by atomic mass is 9.80. The van der Waals surface area contributed by atoms with Gasteiger partial charge in [-0.3, -0.25) is 9.78 Å². The first-order chi connectivity index (χ1) is 17.8. The van der Waals surface area contributed by atoms with Gasteiger partial charge < -0.3 is 25.6 Å². The molecule has 2 aromatic heterocycles. The minimum atomic E-state index is -0.463. The molecule has 1 aromatic carbocycles. The van der Waals surface area contributed by atoms with E-state index in [1.165, 1.54) is 6.08 Å². The Morgan fingerprint density at radius 2 is 1.89 bits per heavy atom. The van der Waals surface area contributed by atoms with Crippen LogP contribution in [-0.4, -0.2) is 54.1 Å². The molecular formula is C29H36N6O2. The first kappa shape index (κ1) is 26.2. The second kappa shape index (κ2) is 11.4. The van der Waals surface area contributed by atoms with Crippen molar-refractivity contribution < 1.29 is 9.53 Å². The van der Waals surface area contributed by atoms with Crippen LogP contribution in [0.1, 0.15) is 37.9 Å². The zero-order valence-corrected chi connectivity index (χ0v) is 22.0. The van der Waals surface area contributed by atoms with E-state index in [-0.39, 0.29) is 5.91 Å². The fraction of sp³-hybridized carbons (Fsp3) is 0.345. The van der Waals surface area contributed by atoms with Crippen LogP contribution in [-0.2, 0) is 10.2 Å². The lowest BCUT2D eigenvalue weighted by Gasteiger charge is -2.30. The zero-order chi connectivity index (χ0) is 26.4. The second-order valence-corrected chi connectivity index (χ2v) is 9.89. The fourth-order valence-electron chi connectivity index (χ4n) is 4.60. The number of amides is 1. The van der Waals surface area contributed by atoms with Crippen LogP contribution in [0.2, 0.25) is 0 Å². The van der Waals surface area contributed by atoms with Gasteiger partial charge in [0.25, 0.3) is 0 Å². The van der Waals surface area contributed by atoms with E-state index in [1.807, 2.05) is 36.4 Å². The van der Waals surface area contributed by atoms with Crippen molar-refractivity contribution in [2.24, 2.45) is 0 Å². The molecule has 1 aliphatic rings. The highest BCUT2D eigenvalue weighted by molar-refractivity contribution is 5.98. The molecule has 0 atom stereocenters. The zero-order valence-electron chi connectivity index (χ0n) is 22.0. The summed E-state index contributed by atoms with van der Waals surface area (Å²) in [5.74, 6) is 1.08. The third-order valence-corrected chi connectivity index (χ3v) is 6.85. The number of benzene rings is 1. The fourth-order valence-corrected chi connectivity index (χ4v) is 4.60. The molecule has 1 aliphatic heterocycles. The normalized spacial score (nSPS) is 14.6. The Morgan fingerprint density at radius 1 is 1.14 bits per heavy atom. The smallest absolute Gasteiger partial charge is 0.247 e. The van der Waals surface area contributed by atoms with Gasteiger partial charge in [0.1, 0.15) is 11.5 Å². The lowest BCUT2D eigenvalue weighted by molar-refractivity contribution is -0.111. The highest BCUT2D eigenvalue weighted by atomic mass is 16.5. The maximum atomic E-state index is 11.8. The molecule has 4 rings (SSSR count). The molecule has 0 bridgehead atoms. The van der Waals surface area contributed by atoms with Crippen molar-refractivity contribution in [3.05, 3.63) is 78.6 Å². The lowest BCUT2D eigenvalue weighted by Crippen LogP contribution is -2.36. The number of hydrogen-bond donors (Lipinski definition) is 3. The van der Waals surface area contributed by atoms with Crippen LogP contribution in [0.5, 0.6) is 5.88 Å². The summed E-state index contributed by atoms with van der Waals surface area (Å²) < 4.78 is 5.66. The Kier molecular flexibility index (Phi) is 8.08. The molecule has 194 valence electrons. The van der Waals surface area contributed by atoms with Gasteiger partial charge in [-0.05, 0) is 75.0 Å². The number of nitrogens with zero attached hydrogens (tertiary/aromatic N) is 3. The third kappa shape index (κ3) is 6.27. The number of carbonyl (C=O) groups excluding carboxylic acids is 1. The minimum Gasteiger partial charge on any atom is -0.479 e. The predicted octanol–water partition coefficient (Wildman–Crippen LogP) is 5.19. The number of rotatable bonds is 9. The Labute approximate surface area is 219 Å². The first-order valence-electron chi connectivity index (χ1n) is 12.6. The van der Waals surface area contributed by atoms with Gasteiger partial charge in [-0.2, -0.15) is 4.98 Å². The van der Waals surface area contributed by atoms with Crippen molar-refractivity contribution in [3.8, 4) is 5.88 Å². The molecule has 37 heavy (non-hydrogen) atoms. The van der Waals surface area contributed by atoms with E-state index in [9.17, 15) is 4.79 Å². The third-order valence-electron chi connectivity index (χ3n) is 6.85. The van der Waals surface area contributed by atoms with Gasteiger partial charge in [-0.15, -0.1) is 0 Å². The summed E-state index contributed by atoms with van der Waals surface area (Å²) in [6.45, 7) is 9.91. The van der Waals surface area contributed by atoms with Crippen molar-refractivity contribution in [2.75, 3.05) is 43.2 Å². The van der Waals surface area contributed by atoms with E-state index in [4.69, 9.17) is 9.72 Å². The standard InChI is InChI=1S/C29H36N6O2/c1-6-27(36)32-21-13-16-30-25(19-21)29(2,3)22-9-7-8-10-23(22)33-24-11-12-26(34-28(24)37-5)31-20-14-17-35(4)18-15-20/h6-13,16,19-20,33H,1,14-15,17-18H2,2-5H3,(H,31,34)(H,30,32,36). The summed E-state index contributed by atoms with van der Waals surface area (Å²) in [4.78, 5) is 23.5. The van der Waals surface area contributed by atoms with Gasteiger partial charge >= 0.3 is 0 Å². The van der Waals surface area contributed by atoms with Gasteiger partial charge in [-0.25, -0.2) is 0 Å². The van der Waals surface area contributed by atoms with Crippen LogP contribution in [0.3, 0.4) is 0 Å².